The predicted octanol–water partition coefficient (Wildman–Crippen LogP) is 6.98. The van der Waals surface area contributed by atoms with Crippen LogP contribution in [-0.4, -0.2) is 18.7 Å². The molecule has 1 aliphatic heterocycles. The monoisotopic (exact) mass is 492 g/mol. The number of rotatable bonds is 4. The van der Waals surface area contributed by atoms with Gasteiger partial charge in [0, 0.05) is 12.1 Å². The number of carbonyl (C=O) groups excluding carboxylic acids is 1. The number of hydrogen-bond donors (Lipinski definition) is 0. The Morgan fingerprint density at radius 3 is 1.97 bits per heavy atom. The molecule has 3 aromatic carbocycles. The molecule has 3 aromatic rings. The second kappa shape index (κ2) is 9.09. The highest BCUT2D eigenvalue weighted by atomic mass is 19.4. The molecule has 0 spiro atoms. The van der Waals surface area contributed by atoms with Gasteiger partial charge in [0.05, 0.1) is 30.0 Å². The Balaban J connectivity index is 1.73. The molecule has 4 nitrogen and oxygen atoms in total. The van der Waals surface area contributed by atoms with Crippen LogP contribution in [-0.2, 0) is 17.1 Å². The van der Waals surface area contributed by atoms with Gasteiger partial charge in [0.1, 0.15) is 11.5 Å². The quantitative estimate of drug-likeness (QED) is 0.369. The number of anilines is 1. The second-order valence-corrected chi connectivity index (χ2v) is 7.82. The second-order valence-electron chi connectivity index (χ2n) is 7.82. The zero-order valence-corrected chi connectivity index (χ0v) is 18.2. The zero-order valence-electron chi connectivity index (χ0n) is 18.2. The molecule has 1 atom stereocenters. The number of alkyl halides is 6. The lowest BCUT2D eigenvalue weighted by atomic mass is 10.0. The summed E-state index contributed by atoms with van der Waals surface area (Å²) in [5, 5.41) is 0. The first-order valence-electron chi connectivity index (χ1n) is 10.4. The number of ether oxygens (including phenoxy) is 1. The Kier molecular flexibility index (Phi) is 6.31. The molecule has 0 radical (unpaired) electrons. The van der Waals surface area contributed by atoms with Gasteiger partial charge in [0.2, 0.25) is 0 Å². The number of amides is 1. The molecule has 0 aliphatic carbocycles. The first-order chi connectivity index (χ1) is 16.5. The van der Waals surface area contributed by atoms with E-state index in [1.54, 1.807) is 24.3 Å². The average molecular weight is 492 g/mol. The summed E-state index contributed by atoms with van der Waals surface area (Å²) < 4.78 is 82.9. The van der Waals surface area contributed by atoms with Crippen molar-refractivity contribution in [1.29, 1.82) is 0 Å². The summed E-state index contributed by atoms with van der Waals surface area (Å²) in [4.78, 5) is 18.9. The lowest BCUT2D eigenvalue weighted by Crippen LogP contribution is -2.29. The summed E-state index contributed by atoms with van der Waals surface area (Å²) in [5.41, 5.74) is -0.592. The molecular formula is C25H18F6N2O2. The molecular weight excluding hydrogens is 474 g/mol. The van der Waals surface area contributed by atoms with Crippen LogP contribution in [0.25, 0.3) is 0 Å². The minimum atomic E-state index is -4.53. The predicted molar refractivity (Wildman–Crippen MR) is 118 cm³/mol. The highest BCUT2D eigenvalue weighted by Crippen LogP contribution is 2.39. The fourth-order valence-corrected chi connectivity index (χ4v) is 3.84. The van der Waals surface area contributed by atoms with Crippen molar-refractivity contribution in [2.45, 2.75) is 24.8 Å². The van der Waals surface area contributed by atoms with E-state index < -0.39 is 35.4 Å². The lowest BCUT2D eigenvalue weighted by Gasteiger charge is -2.25. The van der Waals surface area contributed by atoms with Crippen LogP contribution in [0.5, 0.6) is 5.75 Å². The number of benzene rings is 3. The van der Waals surface area contributed by atoms with E-state index >= 15 is 0 Å². The molecule has 4 rings (SSSR count). The van der Waals surface area contributed by atoms with Gasteiger partial charge in [-0.25, -0.2) is 4.99 Å². The van der Waals surface area contributed by atoms with Crippen molar-refractivity contribution in [3.8, 4) is 5.75 Å². The molecule has 10 heteroatoms. The summed E-state index contributed by atoms with van der Waals surface area (Å²) in [5.74, 6) is -0.0343. The third-order valence-electron chi connectivity index (χ3n) is 5.57. The normalized spacial score (nSPS) is 17.8. The Labute approximate surface area is 196 Å². The van der Waals surface area contributed by atoms with Crippen molar-refractivity contribution >= 4 is 23.0 Å². The van der Waals surface area contributed by atoms with Gasteiger partial charge in [-0.15, -0.1) is 0 Å². The third kappa shape index (κ3) is 5.16. The zero-order chi connectivity index (χ0) is 25.4. The molecule has 0 saturated carbocycles. The van der Waals surface area contributed by atoms with Gasteiger partial charge in [0.25, 0.3) is 5.91 Å². The minimum absolute atomic E-state index is 0.0671. The Morgan fingerprint density at radius 2 is 1.43 bits per heavy atom. The summed E-state index contributed by atoms with van der Waals surface area (Å²) >= 11 is 0. The lowest BCUT2D eigenvalue weighted by molar-refractivity contribution is -0.138. The van der Waals surface area contributed by atoms with Gasteiger partial charge in [-0.3, -0.25) is 9.69 Å². The topological polar surface area (TPSA) is 41.9 Å². The van der Waals surface area contributed by atoms with E-state index in [2.05, 4.69) is 4.99 Å². The Morgan fingerprint density at radius 1 is 0.857 bits per heavy atom. The molecule has 0 bridgehead atoms. The molecule has 1 amide bonds. The highest BCUT2D eigenvalue weighted by Gasteiger charge is 2.39. The van der Waals surface area contributed by atoms with Crippen LogP contribution in [0.2, 0.25) is 0 Å². The van der Waals surface area contributed by atoms with E-state index in [9.17, 15) is 31.1 Å². The van der Waals surface area contributed by atoms with Crippen LogP contribution in [0.1, 0.15) is 29.2 Å². The standard InChI is InChI=1S/C25H18F6N2O2/c1-35-20-4-2-3-15(13-20)22-14-21(32-18-9-5-16(6-10-18)24(26,27)28)23(34)33(22)19-11-7-17(8-12-19)25(29,30)31/h2-13,22H,14H2,1H3. The van der Waals surface area contributed by atoms with Gasteiger partial charge in [0.15, 0.2) is 0 Å². The van der Waals surface area contributed by atoms with Crippen LogP contribution in [0.4, 0.5) is 37.7 Å². The van der Waals surface area contributed by atoms with Gasteiger partial charge in [-0.05, 0) is 66.2 Å². The van der Waals surface area contributed by atoms with Gasteiger partial charge >= 0.3 is 12.4 Å². The molecule has 1 heterocycles. The van der Waals surface area contributed by atoms with Crippen molar-refractivity contribution in [2.24, 2.45) is 4.99 Å². The first-order valence-corrected chi connectivity index (χ1v) is 10.4. The molecule has 1 unspecified atom stereocenters. The fraction of sp³-hybridized carbons (Fsp3) is 0.200. The van der Waals surface area contributed by atoms with Crippen LogP contribution >= 0.6 is 0 Å². The minimum Gasteiger partial charge on any atom is -0.497 e. The highest BCUT2D eigenvalue weighted by molar-refractivity contribution is 6.46. The third-order valence-corrected chi connectivity index (χ3v) is 5.57. The van der Waals surface area contributed by atoms with Crippen molar-refractivity contribution in [3.05, 3.63) is 89.5 Å². The number of aliphatic imine (C=N–C) groups is 1. The maximum Gasteiger partial charge on any atom is 0.416 e. The van der Waals surface area contributed by atoms with E-state index in [1.807, 2.05) is 0 Å². The van der Waals surface area contributed by atoms with E-state index in [0.29, 0.717) is 11.3 Å². The summed E-state index contributed by atoms with van der Waals surface area (Å²) in [6, 6.07) is 14.5. The number of nitrogens with zero attached hydrogens (tertiary/aromatic N) is 2. The first kappa shape index (κ1) is 24.3. The number of methoxy groups -OCH3 is 1. The van der Waals surface area contributed by atoms with Crippen LogP contribution < -0.4 is 9.64 Å². The molecule has 35 heavy (non-hydrogen) atoms. The molecule has 1 saturated heterocycles. The fourth-order valence-electron chi connectivity index (χ4n) is 3.84. The molecule has 1 aliphatic rings. The van der Waals surface area contributed by atoms with Gasteiger partial charge in [-0.1, -0.05) is 12.1 Å². The van der Waals surface area contributed by atoms with Crippen molar-refractivity contribution in [2.75, 3.05) is 12.0 Å². The van der Waals surface area contributed by atoms with E-state index in [0.717, 1.165) is 36.4 Å². The maximum atomic E-state index is 13.3. The van der Waals surface area contributed by atoms with E-state index in [4.69, 9.17) is 4.74 Å². The largest absolute Gasteiger partial charge is 0.497 e. The molecule has 182 valence electrons. The summed E-state index contributed by atoms with van der Waals surface area (Å²) in [6.07, 6.45) is -8.95. The van der Waals surface area contributed by atoms with Crippen LogP contribution in [0.3, 0.4) is 0 Å². The molecule has 0 N–H and O–H groups in total. The SMILES string of the molecule is COc1cccc(C2CC(=Nc3ccc(C(F)(F)F)cc3)C(=O)N2c2ccc(C(F)(F)F)cc2)c1. The van der Waals surface area contributed by atoms with Crippen molar-refractivity contribution in [1.82, 2.24) is 0 Å². The average Bonchev–Trinajstić information content (AvgIpc) is 3.14. The van der Waals surface area contributed by atoms with Crippen LogP contribution in [0.15, 0.2) is 77.8 Å². The summed E-state index contributed by atoms with van der Waals surface area (Å²) in [7, 11) is 1.48. The number of halogens is 6. The smallest absolute Gasteiger partial charge is 0.416 e. The maximum absolute atomic E-state index is 13.3. The Bertz CT molecular complexity index is 1250. The summed E-state index contributed by atoms with van der Waals surface area (Å²) in [6.45, 7) is 0. The Hall–Kier alpha value is -3.82. The van der Waals surface area contributed by atoms with E-state index in [1.165, 1.54) is 24.1 Å². The number of hydrogen-bond acceptors (Lipinski definition) is 3. The van der Waals surface area contributed by atoms with Crippen molar-refractivity contribution in [3.63, 3.8) is 0 Å². The number of carbonyl (C=O) groups is 1. The van der Waals surface area contributed by atoms with Crippen LogP contribution in [0, 0.1) is 0 Å². The van der Waals surface area contributed by atoms with Crippen molar-refractivity contribution < 1.29 is 35.9 Å². The molecule has 0 aromatic heterocycles. The van der Waals surface area contributed by atoms with Gasteiger partial charge < -0.3 is 4.74 Å². The van der Waals surface area contributed by atoms with E-state index in [-0.39, 0.29) is 23.5 Å². The van der Waals surface area contributed by atoms with Gasteiger partial charge in [-0.2, -0.15) is 26.3 Å². The molecule has 1 fully saturated rings.